The average Bonchev–Trinajstić information content (AvgIpc) is 2.37. The molecule has 1 aromatic rings. The van der Waals surface area contributed by atoms with Crippen LogP contribution in [0.25, 0.3) is 0 Å². The zero-order chi connectivity index (χ0) is 18.0. The van der Waals surface area contributed by atoms with Gasteiger partial charge in [-0.3, -0.25) is 9.59 Å². The molecule has 0 radical (unpaired) electrons. The quantitative estimate of drug-likeness (QED) is 0.725. The Morgan fingerprint density at radius 3 is 2.12 bits per heavy atom. The smallest absolute Gasteiger partial charge is 0.144 e. The molecule has 0 saturated carbocycles. The molecule has 24 heavy (non-hydrogen) atoms. The van der Waals surface area contributed by atoms with Crippen molar-refractivity contribution in [2.75, 3.05) is 0 Å². The summed E-state index contributed by atoms with van der Waals surface area (Å²) in [6.07, 6.45) is 2.86. The average molecular weight is 394 g/mol. The van der Waals surface area contributed by atoms with Crippen LogP contribution in [0.5, 0.6) is 0 Å². The first-order valence-electron chi connectivity index (χ1n) is 8.62. The molecule has 1 N–H and O–H groups in total. The minimum atomic E-state index is 0.00905. The number of carbonyl (C=O) groups excluding carboxylic acids is 2. The van der Waals surface area contributed by atoms with Gasteiger partial charge in [0.2, 0.25) is 0 Å². The Labute approximate surface area is 153 Å². The van der Waals surface area contributed by atoms with E-state index < -0.39 is 0 Å². The molecule has 0 amide bonds. The molecular formula is C20H28BrNO2. The summed E-state index contributed by atoms with van der Waals surface area (Å²) in [5.41, 5.74) is 1.03. The van der Waals surface area contributed by atoms with E-state index in [9.17, 15) is 9.59 Å². The monoisotopic (exact) mass is 393 g/mol. The van der Waals surface area contributed by atoms with Crippen molar-refractivity contribution in [3.8, 4) is 0 Å². The number of nitrogens with one attached hydrogen (secondary N) is 1. The Balaban J connectivity index is 1.86. The zero-order valence-corrected chi connectivity index (χ0v) is 16.7. The number of Topliss-reactive ketones (excluding diaryl/α,β-unsaturated/α-hetero) is 2. The minimum absolute atomic E-state index is 0.00905. The molecule has 3 nitrogen and oxygen atoms in total. The highest BCUT2D eigenvalue weighted by molar-refractivity contribution is 9.10. The van der Waals surface area contributed by atoms with Crippen molar-refractivity contribution >= 4 is 27.5 Å². The van der Waals surface area contributed by atoms with Gasteiger partial charge in [-0.1, -0.05) is 28.1 Å². The van der Waals surface area contributed by atoms with Gasteiger partial charge in [-0.05, 0) is 64.2 Å². The van der Waals surface area contributed by atoms with Gasteiger partial charge < -0.3 is 5.32 Å². The van der Waals surface area contributed by atoms with Gasteiger partial charge in [0, 0.05) is 28.4 Å². The van der Waals surface area contributed by atoms with Crippen LogP contribution in [-0.4, -0.2) is 22.6 Å². The van der Waals surface area contributed by atoms with Crippen LogP contribution in [0.2, 0.25) is 0 Å². The van der Waals surface area contributed by atoms with Crippen molar-refractivity contribution in [2.24, 2.45) is 5.92 Å². The SMILES string of the molecule is CC1(C)CC(CC(=O)CC(=O)Cc2ccc(Br)cc2)CC(C)(C)N1. The summed E-state index contributed by atoms with van der Waals surface area (Å²) in [7, 11) is 0. The lowest BCUT2D eigenvalue weighted by Gasteiger charge is -2.46. The fourth-order valence-corrected chi connectivity index (χ4v) is 4.45. The second kappa shape index (κ2) is 7.49. The molecule has 4 heteroatoms. The Morgan fingerprint density at radius 2 is 1.58 bits per heavy atom. The molecule has 1 saturated heterocycles. The topological polar surface area (TPSA) is 46.2 Å². The first-order valence-corrected chi connectivity index (χ1v) is 9.41. The largest absolute Gasteiger partial charge is 0.307 e. The molecule has 2 rings (SSSR count). The maximum atomic E-state index is 12.3. The van der Waals surface area contributed by atoms with E-state index in [1.165, 1.54) is 0 Å². The summed E-state index contributed by atoms with van der Waals surface area (Å²) in [6, 6.07) is 7.68. The van der Waals surface area contributed by atoms with Gasteiger partial charge in [-0.2, -0.15) is 0 Å². The second-order valence-corrected chi connectivity index (χ2v) is 9.34. The van der Waals surface area contributed by atoms with E-state index in [1.807, 2.05) is 24.3 Å². The van der Waals surface area contributed by atoms with E-state index in [1.54, 1.807) is 0 Å². The fourth-order valence-electron chi connectivity index (χ4n) is 4.18. The Bertz CT molecular complexity index is 589. The molecule has 1 aliphatic rings. The third-order valence-corrected chi connectivity index (χ3v) is 5.03. The van der Waals surface area contributed by atoms with E-state index >= 15 is 0 Å². The highest BCUT2D eigenvalue weighted by Gasteiger charge is 2.38. The van der Waals surface area contributed by atoms with Crippen LogP contribution in [0.4, 0.5) is 0 Å². The van der Waals surface area contributed by atoms with Gasteiger partial charge in [0.05, 0.1) is 6.42 Å². The number of carbonyl (C=O) groups is 2. The first-order chi connectivity index (χ1) is 11.0. The van der Waals surface area contributed by atoms with E-state index in [2.05, 4.69) is 48.9 Å². The number of halogens is 1. The lowest BCUT2D eigenvalue weighted by Crippen LogP contribution is -2.57. The van der Waals surface area contributed by atoms with Gasteiger partial charge in [-0.15, -0.1) is 0 Å². The number of piperidine rings is 1. The lowest BCUT2D eigenvalue weighted by atomic mass is 9.74. The first kappa shape index (κ1) is 19.3. The normalized spacial score (nSPS) is 19.9. The molecule has 1 aliphatic heterocycles. The molecule has 132 valence electrons. The molecule has 1 fully saturated rings. The van der Waals surface area contributed by atoms with Crippen LogP contribution < -0.4 is 5.32 Å². The van der Waals surface area contributed by atoms with Crippen LogP contribution >= 0.6 is 15.9 Å². The standard InChI is InChI=1S/C20H28BrNO2/c1-19(2)12-15(13-20(3,4)22-19)10-18(24)11-17(23)9-14-5-7-16(21)8-6-14/h5-8,15,22H,9-13H2,1-4H3. The van der Waals surface area contributed by atoms with Crippen molar-refractivity contribution < 1.29 is 9.59 Å². The predicted molar refractivity (Wildman–Crippen MR) is 101 cm³/mol. The lowest BCUT2D eigenvalue weighted by molar-refractivity contribution is -0.127. The third-order valence-electron chi connectivity index (χ3n) is 4.50. The molecule has 0 aliphatic carbocycles. The highest BCUT2D eigenvalue weighted by Crippen LogP contribution is 2.34. The second-order valence-electron chi connectivity index (χ2n) is 8.43. The van der Waals surface area contributed by atoms with Crippen molar-refractivity contribution in [2.45, 2.75) is 70.9 Å². The van der Waals surface area contributed by atoms with Gasteiger partial charge in [0.25, 0.3) is 0 Å². The Kier molecular flexibility index (Phi) is 6.03. The Hall–Kier alpha value is -1.00. The summed E-state index contributed by atoms with van der Waals surface area (Å²) < 4.78 is 0.992. The van der Waals surface area contributed by atoms with Crippen molar-refractivity contribution in [3.05, 3.63) is 34.3 Å². The molecule has 0 bridgehead atoms. The number of hydrogen-bond donors (Lipinski definition) is 1. The molecule has 1 aromatic carbocycles. The number of rotatable bonds is 6. The van der Waals surface area contributed by atoms with Gasteiger partial charge >= 0.3 is 0 Å². The molecule has 0 atom stereocenters. The van der Waals surface area contributed by atoms with Crippen LogP contribution in [0.15, 0.2) is 28.7 Å². The maximum Gasteiger partial charge on any atom is 0.144 e. The zero-order valence-electron chi connectivity index (χ0n) is 15.1. The fraction of sp³-hybridized carbons (Fsp3) is 0.600. The van der Waals surface area contributed by atoms with Crippen molar-refractivity contribution in [3.63, 3.8) is 0 Å². The van der Waals surface area contributed by atoms with E-state index in [4.69, 9.17) is 0 Å². The minimum Gasteiger partial charge on any atom is -0.307 e. The summed E-state index contributed by atoms with van der Waals surface area (Å²) in [5, 5.41) is 3.63. The summed E-state index contributed by atoms with van der Waals surface area (Å²) in [5.74, 6) is 0.439. The van der Waals surface area contributed by atoms with Crippen LogP contribution in [0, 0.1) is 5.92 Å². The van der Waals surface area contributed by atoms with E-state index in [0.29, 0.717) is 18.8 Å². The molecule has 0 aromatic heterocycles. The van der Waals surface area contributed by atoms with Crippen LogP contribution in [0.1, 0.15) is 58.9 Å². The summed E-state index contributed by atoms with van der Waals surface area (Å²) in [6.45, 7) is 8.74. The van der Waals surface area contributed by atoms with Gasteiger partial charge in [0.1, 0.15) is 11.6 Å². The van der Waals surface area contributed by atoms with Gasteiger partial charge in [-0.25, -0.2) is 0 Å². The number of hydrogen-bond acceptors (Lipinski definition) is 3. The molecule has 1 heterocycles. The van der Waals surface area contributed by atoms with E-state index in [-0.39, 0.29) is 29.1 Å². The van der Waals surface area contributed by atoms with Crippen molar-refractivity contribution in [1.29, 1.82) is 0 Å². The summed E-state index contributed by atoms with van der Waals surface area (Å²) >= 11 is 3.38. The predicted octanol–water partition coefficient (Wildman–Crippen LogP) is 4.47. The number of ketones is 2. The number of benzene rings is 1. The highest BCUT2D eigenvalue weighted by atomic mass is 79.9. The van der Waals surface area contributed by atoms with Crippen LogP contribution in [-0.2, 0) is 16.0 Å². The van der Waals surface area contributed by atoms with Crippen LogP contribution in [0.3, 0.4) is 0 Å². The molecule has 0 spiro atoms. The van der Waals surface area contributed by atoms with Crippen molar-refractivity contribution in [1.82, 2.24) is 5.32 Å². The molecular weight excluding hydrogens is 366 g/mol. The van der Waals surface area contributed by atoms with Gasteiger partial charge in [0.15, 0.2) is 0 Å². The van der Waals surface area contributed by atoms with E-state index in [0.717, 1.165) is 22.9 Å². The maximum absolute atomic E-state index is 12.3. The summed E-state index contributed by atoms with van der Waals surface area (Å²) in [4.78, 5) is 24.5. The Morgan fingerprint density at radius 1 is 1.04 bits per heavy atom. The third kappa shape index (κ3) is 6.14. The molecule has 0 unspecified atom stereocenters.